The van der Waals surface area contributed by atoms with Gasteiger partial charge in [-0.15, -0.1) is 0 Å². The average molecular weight is 274 g/mol. The van der Waals surface area contributed by atoms with E-state index >= 15 is 0 Å². The number of nitrogens with one attached hydrogen (secondary N) is 2. The molecule has 2 amide bonds. The van der Waals surface area contributed by atoms with Gasteiger partial charge in [0.05, 0.1) is 6.61 Å². The first-order valence-electron chi connectivity index (χ1n) is 6.70. The van der Waals surface area contributed by atoms with Crippen LogP contribution < -0.4 is 10.6 Å². The van der Waals surface area contributed by atoms with Gasteiger partial charge < -0.3 is 15.4 Å². The monoisotopic (exact) mass is 274 g/mol. The van der Waals surface area contributed by atoms with Crippen molar-refractivity contribution in [3.8, 4) is 0 Å². The standard InChI is InChI=1S/C15H18N2O3/c1-2-20-14(18)10-5-11-3-6-12(7-4-11)16-15(19)17-13-8-9-13/h3-7,10,13H,2,8-9H2,1H3,(H2,16,17,19). The van der Waals surface area contributed by atoms with Gasteiger partial charge in [-0.25, -0.2) is 9.59 Å². The van der Waals surface area contributed by atoms with Crippen molar-refractivity contribution in [3.63, 3.8) is 0 Å². The molecule has 1 aromatic rings. The number of anilines is 1. The van der Waals surface area contributed by atoms with Crippen molar-refractivity contribution in [2.75, 3.05) is 11.9 Å². The molecule has 0 heterocycles. The van der Waals surface area contributed by atoms with Crippen LogP contribution in [0.1, 0.15) is 25.3 Å². The Balaban J connectivity index is 1.85. The zero-order valence-electron chi connectivity index (χ0n) is 11.4. The number of hydrogen-bond acceptors (Lipinski definition) is 3. The molecular weight excluding hydrogens is 256 g/mol. The second kappa shape index (κ2) is 6.75. The Hall–Kier alpha value is -2.30. The van der Waals surface area contributed by atoms with Crippen LogP contribution in [0.25, 0.3) is 6.08 Å². The molecule has 1 fully saturated rings. The Morgan fingerprint density at radius 3 is 2.60 bits per heavy atom. The highest BCUT2D eigenvalue weighted by Crippen LogP contribution is 2.19. The lowest BCUT2D eigenvalue weighted by molar-refractivity contribution is -0.137. The normalized spacial score (nSPS) is 14.1. The fourth-order valence-electron chi connectivity index (χ4n) is 1.61. The first-order valence-corrected chi connectivity index (χ1v) is 6.70. The first-order chi connectivity index (χ1) is 9.67. The van der Waals surface area contributed by atoms with Crippen LogP contribution in [0, 0.1) is 0 Å². The van der Waals surface area contributed by atoms with E-state index in [0.29, 0.717) is 12.6 Å². The molecule has 1 saturated carbocycles. The summed E-state index contributed by atoms with van der Waals surface area (Å²) in [5.41, 5.74) is 1.59. The summed E-state index contributed by atoms with van der Waals surface area (Å²) in [6.07, 6.45) is 5.17. The minimum Gasteiger partial charge on any atom is -0.463 e. The molecule has 1 aromatic carbocycles. The molecule has 0 atom stereocenters. The van der Waals surface area contributed by atoms with Crippen LogP contribution >= 0.6 is 0 Å². The molecule has 0 radical (unpaired) electrons. The lowest BCUT2D eigenvalue weighted by Gasteiger charge is -2.06. The molecule has 2 N–H and O–H groups in total. The predicted molar refractivity (Wildman–Crippen MR) is 77.3 cm³/mol. The summed E-state index contributed by atoms with van der Waals surface area (Å²) < 4.78 is 4.79. The van der Waals surface area contributed by atoms with Crippen LogP contribution in [0.3, 0.4) is 0 Å². The predicted octanol–water partition coefficient (Wildman–Crippen LogP) is 2.55. The maximum absolute atomic E-state index is 11.5. The molecule has 1 aliphatic rings. The second-order valence-corrected chi connectivity index (χ2v) is 4.58. The summed E-state index contributed by atoms with van der Waals surface area (Å²) >= 11 is 0. The van der Waals surface area contributed by atoms with E-state index in [-0.39, 0.29) is 12.0 Å². The number of hydrogen-bond donors (Lipinski definition) is 2. The van der Waals surface area contributed by atoms with Crippen LogP contribution in [-0.4, -0.2) is 24.6 Å². The van der Waals surface area contributed by atoms with Gasteiger partial charge in [0.25, 0.3) is 0 Å². The van der Waals surface area contributed by atoms with Crippen LogP contribution in [0.15, 0.2) is 30.3 Å². The topological polar surface area (TPSA) is 67.4 Å². The van der Waals surface area contributed by atoms with Gasteiger partial charge in [0.1, 0.15) is 0 Å². The van der Waals surface area contributed by atoms with Crippen LogP contribution in [0.2, 0.25) is 0 Å². The van der Waals surface area contributed by atoms with Crippen molar-refractivity contribution in [1.29, 1.82) is 0 Å². The fourth-order valence-corrected chi connectivity index (χ4v) is 1.61. The van der Waals surface area contributed by atoms with Gasteiger partial charge in [-0.1, -0.05) is 12.1 Å². The van der Waals surface area contributed by atoms with E-state index in [1.54, 1.807) is 25.1 Å². The lowest BCUT2D eigenvalue weighted by Crippen LogP contribution is -2.30. The molecule has 0 unspecified atom stereocenters. The zero-order valence-corrected chi connectivity index (χ0v) is 11.4. The Bertz CT molecular complexity index is 504. The number of amides is 2. The highest BCUT2D eigenvalue weighted by molar-refractivity contribution is 5.90. The molecule has 106 valence electrons. The molecule has 0 saturated heterocycles. The van der Waals surface area contributed by atoms with Crippen molar-refractivity contribution in [1.82, 2.24) is 5.32 Å². The van der Waals surface area contributed by atoms with E-state index in [1.807, 2.05) is 12.1 Å². The van der Waals surface area contributed by atoms with E-state index < -0.39 is 0 Å². The Morgan fingerprint density at radius 1 is 1.30 bits per heavy atom. The number of ether oxygens (including phenoxy) is 1. The quantitative estimate of drug-likeness (QED) is 0.640. The van der Waals surface area contributed by atoms with E-state index in [9.17, 15) is 9.59 Å². The zero-order chi connectivity index (χ0) is 14.4. The van der Waals surface area contributed by atoms with Crippen molar-refractivity contribution in [2.45, 2.75) is 25.8 Å². The highest BCUT2D eigenvalue weighted by Gasteiger charge is 2.22. The molecule has 2 rings (SSSR count). The third-order valence-electron chi connectivity index (χ3n) is 2.78. The number of carbonyl (C=O) groups excluding carboxylic acids is 2. The molecule has 0 aliphatic heterocycles. The molecule has 0 spiro atoms. The van der Waals surface area contributed by atoms with Crippen molar-refractivity contribution >= 4 is 23.8 Å². The van der Waals surface area contributed by atoms with Crippen molar-refractivity contribution < 1.29 is 14.3 Å². The molecule has 5 nitrogen and oxygen atoms in total. The molecule has 1 aliphatic carbocycles. The summed E-state index contributed by atoms with van der Waals surface area (Å²) in [7, 11) is 0. The van der Waals surface area contributed by atoms with Gasteiger partial charge in [-0.05, 0) is 43.5 Å². The van der Waals surface area contributed by atoms with Gasteiger partial charge in [-0.2, -0.15) is 0 Å². The summed E-state index contributed by atoms with van der Waals surface area (Å²) in [6.45, 7) is 2.13. The lowest BCUT2D eigenvalue weighted by atomic mass is 10.2. The van der Waals surface area contributed by atoms with Gasteiger partial charge in [-0.3, -0.25) is 0 Å². The van der Waals surface area contributed by atoms with Gasteiger partial charge in [0, 0.05) is 17.8 Å². The first kappa shape index (κ1) is 14.1. The van der Waals surface area contributed by atoms with Gasteiger partial charge >= 0.3 is 12.0 Å². The third kappa shape index (κ3) is 4.76. The maximum atomic E-state index is 11.5. The Labute approximate surface area is 118 Å². The molecule has 0 aromatic heterocycles. The van der Waals surface area contributed by atoms with Gasteiger partial charge in [0.2, 0.25) is 0 Å². The van der Waals surface area contributed by atoms with Crippen molar-refractivity contribution in [3.05, 3.63) is 35.9 Å². The van der Waals surface area contributed by atoms with Crippen LogP contribution in [0.5, 0.6) is 0 Å². The summed E-state index contributed by atoms with van der Waals surface area (Å²) in [4.78, 5) is 22.7. The average Bonchev–Trinajstić information content (AvgIpc) is 3.22. The largest absolute Gasteiger partial charge is 0.463 e. The number of benzene rings is 1. The summed E-state index contributed by atoms with van der Waals surface area (Å²) in [5.74, 6) is -0.362. The summed E-state index contributed by atoms with van der Waals surface area (Å²) in [5, 5.41) is 5.61. The highest BCUT2D eigenvalue weighted by atomic mass is 16.5. The van der Waals surface area contributed by atoms with E-state index in [4.69, 9.17) is 4.74 Å². The summed E-state index contributed by atoms with van der Waals surface area (Å²) in [6, 6.07) is 7.38. The number of esters is 1. The number of carbonyl (C=O) groups is 2. The van der Waals surface area contributed by atoms with E-state index in [0.717, 1.165) is 24.1 Å². The van der Waals surface area contributed by atoms with E-state index in [1.165, 1.54) is 6.08 Å². The number of rotatable bonds is 5. The second-order valence-electron chi connectivity index (χ2n) is 4.58. The Kier molecular flexibility index (Phi) is 4.76. The fraction of sp³-hybridized carbons (Fsp3) is 0.333. The van der Waals surface area contributed by atoms with Crippen LogP contribution in [-0.2, 0) is 9.53 Å². The third-order valence-corrected chi connectivity index (χ3v) is 2.78. The smallest absolute Gasteiger partial charge is 0.330 e. The van der Waals surface area contributed by atoms with E-state index in [2.05, 4.69) is 10.6 Å². The SMILES string of the molecule is CCOC(=O)C=Cc1ccc(NC(=O)NC2CC2)cc1. The number of urea groups is 1. The maximum Gasteiger partial charge on any atom is 0.330 e. The molecular formula is C15H18N2O3. The van der Waals surface area contributed by atoms with Crippen LogP contribution in [0.4, 0.5) is 10.5 Å². The minimum atomic E-state index is -0.362. The van der Waals surface area contributed by atoms with Gasteiger partial charge in [0.15, 0.2) is 0 Å². The molecule has 20 heavy (non-hydrogen) atoms. The molecule has 5 heteroatoms. The van der Waals surface area contributed by atoms with Crippen molar-refractivity contribution in [2.24, 2.45) is 0 Å². The minimum absolute atomic E-state index is 0.178. The Morgan fingerprint density at radius 2 is 2.00 bits per heavy atom. The molecule has 0 bridgehead atoms.